The molecule has 0 radical (unpaired) electrons. The maximum atomic E-state index is 12.4. The number of piperidine rings is 1. The van der Waals surface area contributed by atoms with E-state index in [4.69, 9.17) is 14.4 Å². The van der Waals surface area contributed by atoms with E-state index in [1.165, 1.54) is 0 Å². The number of benzene rings is 1. The topological polar surface area (TPSA) is 84.2 Å². The Balaban J connectivity index is 1.36. The number of nitrogens with zero attached hydrogens (tertiary/aromatic N) is 4. The van der Waals surface area contributed by atoms with Gasteiger partial charge in [0.1, 0.15) is 11.6 Å². The van der Waals surface area contributed by atoms with Gasteiger partial charge in [0.2, 0.25) is 0 Å². The highest BCUT2D eigenvalue weighted by Crippen LogP contribution is 2.29. The average Bonchev–Trinajstić information content (AvgIpc) is 3.26. The molecule has 7 nitrogen and oxygen atoms in total. The van der Waals surface area contributed by atoms with Gasteiger partial charge in [0, 0.05) is 42.5 Å². The maximum Gasteiger partial charge on any atom is 0.287 e. The molecule has 1 fully saturated rings. The maximum absolute atomic E-state index is 12.4. The lowest BCUT2D eigenvalue weighted by Gasteiger charge is -2.33. The summed E-state index contributed by atoms with van der Waals surface area (Å²) in [6, 6.07) is 15.6. The van der Waals surface area contributed by atoms with Gasteiger partial charge in [0.05, 0.1) is 5.52 Å². The van der Waals surface area contributed by atoms with Crippen LogP contribution in [-0.2, 0) is 0 Å². The van der Waals surface area contributed by atoms with Crippen molar-refractivity contribution in [2.45, 2.75) is 25.8 Å². The summed E-state index contributed by atoms with van der Waals surface area (Å²) in [6.07, 6.45) is 5.21. The van der Waals surface area contributed by atoms with E-state index in [1.807, 2.05) is 37.3 Å². The van der Waals surface area contributed by atoms with Crippen molar-refractivity contribution in [3.63, 3.8) is 0 Å². The van der Waals surface area contributed by atoms with Crippen molar-refractivity contribution in [1.82, 2.24) is 20.3 Å². The summed E-state index contributed by atoms with van der Waals surface area (Å²) in [4.78, 5) is 28.5. The minimum atomic E-state index is -0.155. The van der Waals surface area contributed by atoms with Crippen LogP contribution in [0, 0.1) is 6.92 Å². The van der Waals surface area contributed by atoms with Gasteiger partial charge in [-0.3, -0.25) is 9.78 Å². The van der Waals surface area contributed by atoms with E-state index in [2.05, 4.69) is 21.3 Å². The molecule has 4 heterocycles. The van der Waals surface area contributed by atoms with Gasteiger partial charge < -0.3 is 14.6 Å². The summed E-state index contributed by atoms with van der Waals surface area (Å²) in [7, 11) is 0. The number of anilines is 1. The van der Waals surface area contributed by atoms with Gasteiger partial charge in [0.15, 0.2) is 11.6 Å². The Labute approximate surface area is 180 Å². The quantitative estimate of drug-likeness (QED) is 0.545. The summed E-state index contributed by atoms with van der Waals surface area (Å²) < 4.78 is 5.44. The predicted molar refractivity (Wildman–Crippen MR) is 119 cm³/mol. The van der Waals surface area contributed by atoms with Crippen LogP contribution >= 0.6 is 0 Å². The number of carbonyl (C=O) groups is 1. The number of nitrogens with one attached hydrogen (secondary N) is 1. The summed E-state index contributed by atoms with van der Waals surface area (Å²) in [5.74, 6) is 2.54. The molecule has 0 aliphatic carbocycles. The number of rotatable bonds is 4. The first-order chi connectivity index (χ1) is 15.2. The second kappa shape index (κ2) is 8.18. The number of hydrogen-bond donors (Lipinski definition) is 1. The molecule has 0 saturated carbocycles. The van der Waals surface area contributed by atoms with Crippen LogP contribution in [0.15, 0.2) is 65.3 Å². The van der Waals surface area contributed by atoms with Crippen molar-refractivity contribution in [3.05, 3.63) is 72.4 Å². The third-order valence-corrected chi connectivity index (χ3v) is 5.60. The molecule has 156 valence electrons. The number of fused-ring (bicyclic) bond motifs is 1. The van der Waals surface area contributed by atoms with Crippen LogP contribution in [0.2, 0.25) is 0 Å². The van der Waals surface area contributed by atoms with E-state index in [0.29, 0.717) is 11.6 Å². The molecule has 1 aliphatic heterocycles. The number of furan rings is 1. The van der Waals surface area contributed by atoms with Crippen molar-refractivity contribution in [3.8, 4) is 11.4 Å². The van der Waals surface area contributed by atoms with E-state index in [1.54, 1.807) is 24.5 Å². The van der Waals surface area contributed by atoms with E-state index in [9.17, 15) is 4.79 Å². The van der Waals surface area contributed by atoms with E-state index in [-0.39, 0.29) is 11.9 Å². The van der Waals surface area contributed by atoms with Crippen LogP contribution < -0.4 is 10.2 Å². The molecule has 0 spiro atoms. The lowest BCUT2D eigenvalue weighted by molar-refractivity contribution is 0.0901. The summed E-state index contributed by atoms with van der Waals surface area (Å²) in [5, 5.41) is 4.13. The molecule has 7 heteroatoms. The summed E-state index contributed by atoms with van der Waals surface area (Å²) >= 11 is 0. The van der Waals surface area contributed by atoms with Gasteiger partial charge in [-0.15, -0.1) is 0 Å². The standard InChI is InChI=1S/C24H23N5O2/c1-16-8-9-21(31-16)24(30)26-18-10-13-29(14-11-18)23-19-6-2-3-7-20(19)27-22(28-23)17-5-4-12-25-15-17/h2-9,12,15,18H,10-11,13-14H2,1H3,(H,26,30). The fraction of sp³-hybridized carbons (Fsp3) is 0.250. The van der Waals surface area contributed by atoms with Crippen LogP contribution in [0.1, 0.15) is 29.2 Å². The summed E-state index contributed by atoms with van der Waals surface area (Å²) in [5.41, 5.74) is 1.81. The average molecular weight is 413 g/mol. The molecule has 4 aromatic rings. The zero-order valence-corrected chi connectivity index (χ0v) is 17.3. The third kappa shape index (κ3) is 3.99. The lowest BCUT2D eigenvalue weighted by Crippen LogP contribution is -2.45. The van der Waals surface area contributed by atoms with Gasteiger partial charge >= 0.3 is 0 Å². The Morgan fingerprint density at radius 1 is 1.06 bits per heavy atom. The number of amides is 1. The molecule has 1 saturated heterocycles. The third-order valence-electron chi connectivity index (χ3n) is 5.60. The first-order valence-electron chi connectivity index (χ1n) is 10.5. The molecule has 1 N–H and O–H groups in total. The molecular weight excluding hydrogens is 390 g/mol. The highest BCUT2D eigenvalue weighted by atomic mass is 16.3. The number of aryl methyl sites for hydroxylation is 1. The number of aromatic nitrogens is 3. The van der Waals surface area contributed by atoms with Gasteiger partial charge in [-0.05, 0) is 56.2 Å². The molecule has 1 amide bonds. The monoisotopic (exact) mass is 413 g/mol. The number of para-hydroxylation sites is 1. The molecule has 1 aliphatic rings. The van der Waals surface area contributed by atoms with Crippen LogP contribution in [0.5, 0.6) is 0 Å². The van der Waals surface area contributed by atoms with Crippen molar-refractivity contribution in [1.29, 1.82) is 0 Å². The Hall–Kier alpha value is -3.74. The predicted octanol–water partition coefficient (Wildman–Crippen LogP) is 3.99. The van der Waals surface area contributed by atoms with Crippen LogP contribution in [0.3, 0.4) is 0 Å². The van der Waals surface area contributed by atoms with E-state index in [0.717, 1.165) is 54.0 Å². The molecule has 5 rings (SSSR count). The zero-order valence-electron chi connectivity index (χ0n) is 17.3. The Kier molecular flexibility index (Phi) is 5.08. The normalized spacial score (nSPS) is 14.7. The van der Waals surface area contributed by atoms with E-state index >= 15 is 0 Å². The van der Waals surface area contributed by atoms with Crippen molar-refractivity contribution >= 4 is 22.6 Å². The smallest absolute Gasteiger partial charge is 0.287 e. The van der Waals surface area contributed by atoms with Crippen molar-refractivity contribution in [2.24, 2.45) is 0 Å². The number of hydrogen-bond acceptors (Lipinski definition) is 6. The van der Waals surface area contributed by atoms with Gasteiger partial charge in [0.25, 0.3) is 5.91 Å². The van der Waals surface area contributed by atoms with Crippen molar-refractivity contribution < 1.29 is 9.21 Å². The minimum absolute atomic E-state index is 0.111. The first kappa shape index (κ1) is 19.2. The SMILES string of the molecule is Cc1ccc(C(=O)NC2CCN(c3nc(-c4cccnc4)nc4ccccc34)CC2)o1. The summed E-state index contributed by atoms with van der Waals surface area (Å²) in [6.45, 7) is 3.44. The van der Waals surface area contributed by atoms with Gasteiger partial charge in [-0.1, -0.05) is 12.1 Å². The highest BCUT2D eigenvalue weighted by Gasteiger charge is 2.24. The minimum Gasteiger partial charge on any atom is -0.456 e. The fourth-order valence-corrected chi connectivity index (χ4v) is 3.97. The molecule has 0 bridgehead atoms. The highest BCUT2D eigenvalue weighted by molar-refractivity contribution is 5.92. The number of carbonyl (C=O) groups excluding carboxylic acids is 1. The van der Waals surface area contributed by atoms with Crippen LogP contribution in [0.25, 0.3) is 22.3 Å². The Bertz CT molecular complexity index is 1210. The largest absolute Gasteiger partial charge is 0.456 e. The van der Waals surface area contributed by atoms with Gasteiger partial charge in [-0.25, -0.2) is 9.97 Å². The second-order valence-electron chi connectivity index (χ2n) is 7.77. The van der Waals surface area contributed by atoms with E-state index < -0.39 is 0 Å². The van der Waals surface area contributed by atoms with Crippen LogP contribution in [0.4, 0.5) is 5.82 Å². The molecule has 0 atom stereocenters. The van der Waals surface area contributed by atoms with Crippen molar-refractivity contribution in [2.75, 3.05) is 18.0 Å². The Morgan fingerprint density at radius 2 is 1.90 bits per heavy atom. The lowest BCUT2D eigenvalue weighted by atomic mass is 10.0. The second-order valence-corrected chi connectivity index (χ2v) is 7.77. The molecule has 1 aromatic carbocycles. The number of pyridine rings is 1. The molecule has 0 unspecified atom stereocenters. The molecular formula is C24H23N5O2. The zero-order chi connectivity index (χ0) is 21.2. The van der Waals surface area contributed by atoms with Crippen LogP contribution in [-0.4, -0.2) is 40.0 Å². The first-order valence-corrected chi connectivity index (χ1v) is 10.5. The molecule has 3 aromatic heterocycles. The fourth-order valence-electron chi connectivity index (χ4n) is 3.97. The van der Waals surface area contributed by atoms with Gasteiger partial charge in [-0.2, -0.15) is 0 Å². The molecule has 31 heavy (non-hydrogen) atoms. The Morgan fingerprint density at radius 3 is 2.65 bits per heavy atom.